The highest BCUT2D eigenvalue weighted by molar-refractivity contribution is 5.33. The molecule has 0 fully saturated rings. The summed E-state index contributed by atoms with van der Waals surface area (Å²) in [6.45, 7) is 1.08. The molecular weight excluding hydrogens is 190 g/mol. The average Bonchev–Trinajstić information content (AvgIpc) is 2.14. The molecule has 0 bridgehead atoms. The Balaban J connectivity index is 2.71. The first-order valence-electron chi connectivity index (χ1n) is 4.24. The number of halogens is 2. The quantitative estimate of drug-likeness (QED) is 0.810. The number of benzene rings is 1. The van der Waals surface area contributed by atoms with Crippen molar-refractivity contribution < 1.29 is 18.6 Å². The number of aryl methyl sites for hydroxylation is 1. The van der Waals surface area contributed by atoms with Crippen LogP contribution in [0.15, 0.2) is 18.2 Å². The third-order valence-electron chi connectivity index (χ3n) is 1.67. The Morgan fingerprint density at radius 3 is 2.64 bits per heavy atom. The largest absolute Gasteiger partial charge is 0.488 e. The molecule has 4 heteroatoms. The summed E-state index contributed by atoms with van der Waals surface area (Å²) in [5.41, 5.74) is 1.54. The molecule has 14 heavy (non-hydrogen) atoms. The van der Waals surface area contributed by atoms with Crippen molar-refractivity contribution in [1.82, 2.24) is 0 Å². The molecule has 0 aliphatic heterocycles. The molecule has 0 heterocycles. The van der Waals surface area contributed by atoms with Crippen molar-refractivity contribution in [2.24, 2.45) is 0 Å². The van der Waals surface area contributed by atoms with Gasteiger partial charge in [-0.05, 0) is 30.2 Å². The normalized spacial score (nSPS) is 10.6. The van der Waals surface area contributed by atoms with Gasteiger partial charge < -0.3 is 9.84 Å². The molecule has 1 rings (SSSR count). The summed E-state index contributed by atoms with van der Waals surface area (Å²) in [6, 6.07) is 4.98. The fourth-order valence-electron chi connectivity index (χ4n) is 1.16. The number of hydrogen-bond donors (Lipinski definition) is 1. The zero-order chi connectivity index (χ0) is 10.6. The van der Waals surface area contributed by atoms with Crippen molar-refractivity contribution in [3.8, 4) is 5.75 Å². The van der Waals surface area contributed by atoms with Gasteiger partial charge in [-0.3, -0.25) is 0 Å². The predicted molar refractivity (Wildman–Crippen MR) is 48.6 cm³/mol. The van der Waals surface area contributed by atoms with E-state index in [2.05, 4.69) is 0 Å². The van der Waals surface area contributed by atoms with Gasteiger partial charge in [-0.1, -0.05) is 6.07 Å². The van der Waals surface area contributed by atoms with Crippen LogP contribution >= 0.6 is 0 Å². The van der Waals surface area contributed by atoms with Crippen LogP contribution in [0.4, 0.5) is 8.78 Å². The minimum atomic E-state index is -2.48. The predicted octanol–water partition coefficient (Wildman–Crippen LogP) is 2.13. The van der Waals surface area contributed by atoms with Crippen LogP contribution in [0.3, 0.4) is 0 Å². The molecule has 0 unspecified atom stereocenters. The summed E-state index contributed by atoms with van der Waals surface area (Å²) < 4.78 is 28.5. The van der Waals surface area contributed by atoms with Gasteiger partial charge in [0, 0.05) is 0 Å². The van der Waals surface area contributed by atoms with Crippen molar-refractivity contribution >= 4 is 0 Å². The third kappa shape index (κ3) is 3.30. The molecule has 0 aliphatic rings. The lowest BCUT2D eigenvalue weighted by atomic mass is 10.1. The number of hydrogen-bond acceptors (Lipinski definition) is 2. The Morgan fingerprint density at radius 2 is 2.07 bits per heavy atom. The first kappa shape index (κ1) is 10.9. The summed E-state index contributed by atoms with van der Waals surface area (Å²) in [4.78, 5) is 0. The number of alkyl halides is 2. The van der Waals surface area contributed by atoms with Crippen molar-refractivity contribution in [3.63, 3.8) is 0 Å². The summed E-state index contributed by atoms with van der Waals surface area (Å²) in [5, 5.41) is 8.86. The second-order valence-corrected chi connectivity index (χ2v) is 3.01. The minimum Gasteiger partial charge on any atom is -0.488 e. The van der Waals surface area contributed by atoms with Gasteiger partial charge in [-0.25, -0.2) is 8.78 Å². The van der Waals surface area contributed by atoms with Crippen LogP contribution in [0, 0.1) is 6.92 Å². The van der Waals surface area contributed by atoms with Crippen molar-refractivity contribution in [3.05, 3.63) is 29.3 Å². The van der Waals surface area contributed by atoms with Gasteiger partial charge in [-0.2, -0.15) is 0 Å². The molecule has 1 N–H and O–H groups in total. The van der Waals surface area contributed by atoms with Crippen LogP contribution in [0.25, 0.3) is 0 Å². The Labute approximate surface area is 81.1 Å². The summed E-state index contributed by atoms with van der Waals surface area (Å²) in [7, 11) is 0. The first-order chi connectivity index (χ1) is 6.61. The Kier molecular flexibility index (Phi) is 3.83. The standard InChI is InChI=1S/C10H12F2O2/c1-7-2-8(5-13)4-9(3-7)14-6-10(11)12/h2-4,10,13H,5-6H2,1H3. The van der Waals surface area contributed by atoms with Crippen LogP contribution in [-0.2, 0) is 6.61 Å². The topological polar surface area (TPSA) is 29.5 Å². The van der Waals surface area contributed by atoms with E-state index in [1.165, 1.54) is 0 Å². The number of rotatable bonds is 4. The van der Waals surface area contributed by atoms with E-state index in [9.17, 15) is 8.78 Å². The van der Waals surface area contributed by atoms with Gasteiger partial charge in [0.15, 0.2) is 0 Å². The smallest absolute Gasteiger partial charge is 0.272 e. The van der Waals surface area contributed by atoms with E-state index in [1.807, 2.05) is 6.92 Å². The number of aliphatic hydroxyl groups is 1. The fraction of sp³-hybridized carbons (Fsp3) is 0.400. The highest BCUT2D eigenvalue weighted by Gasteiger charge is 2.04. The molecule has 0 amide bonds. The lowest BCUT2D eigenvalue weighted by Crippen LogP contribution is -2.07. The Hall–Kier alpha value is -1.16. The molecular formula is C10H12F2O2. The average molecular weight is 202 g/mol. The maximum Gasteiger partial charge on any atom is 0.272 e. The van der Waals surface area contributed by atoms with Crippen molar-refractivity contribution in [1.29, 1.82) is 0 Å². The Morgan fingerprint density at radius 1 is 1.36 bits per heavy atom. The molecule has 1 aromatic rings. The van der Waals surface area contributed by atoms with E-state index >= 15 is 0 Å². The zero-order valence-electron chi connectivity index (χ0n) is 7.84. The second-order valence-electron chi connectivity index (χ2n) is 3.01. The van der Waals surface area contributed by atoms with Gasteiger partial charge in [0.2, 0.25) is 0 Å². The Bertz CT molecular complexity index is 300. The molecule has 1 aromatic carbocycles. The monoisotopic (exact) mass is 202 g/mol. The molecule has 2 nitrogen and oxygen atoms in total. The van der Waals surface area contributed by atoms with Crippen LogP contribution in [0.2, 0.25) is 0 Å². The molecule has 78 valence electrons. The van der Waals surface area contributed by atoms with E-state index in [4.69, 9.17) is 9.84 Å². The summed E-state index contributed by atoms with van der Waals surface area (Å²) in [6.07, 6.45) is -2.48. The van der Waals surface area contributed by atoms with Gasteiger partial charge in [0.05, 0.1) is 6.61 Å². The molecule has 0 saturated heterocycles. The third-order valence-corrected chi connectivity index (χ3v) is 1.67. The summed E-state index contributed by atoms with van der Waals surface area (Å²) in [5.74, 6) is 0.370. The van der Waals surface area contributed by atoms with Gasteiger partial charge >= 0.3 is 0 Å². The maximum absolute atomic E-state index is 11.8. The molecule has 0 aromatic heterocycles. The molecule has 0 saturated carbocycles. The van der Waals surface area contributed by atoms with Crippen LogP contribution < -0.4 is 4.74 Å². The summed E-state index contributed by atoms with van der Waals surface area (Å²) >= 11 is 0. The zero-order valence-corrected chi connectivity index (χ0v) is 7.84. The first-order valence-corrected chi connectivity index (χ1v) is 4.24. The molecule has 0 atom stereocenters. The van der Waals surface area contributed by atoms with Gasteiger partial charge in [0.25, 0.3) is 6.43 Å². The van der Waals surface area contributed by atoms with E-state index < -0.39 is 13.0 Å². The van der Waals surface area contributed by atoms with Crippen LogP contribution in [-0.4, -0.2) is 18.1 Å². The molecule has 0 aliphatic carbocycles. The lowest BCUT2D eigenvalue weighted by Gasteiger charge is -2.07. The SMILES string of the molecule is Cc1cc(CO)cc(OCC(F)F)c1. The highest BCUT2D eigenvalue weighted by Crippen LogP contribution is 2.17. The van der Waals surface area contributed by atoms with Gasteiger partial charge in [-0.15, -0.1) is 0 Å². The van der Waals surface area contributed by atoms with Crippen molar-refractivity contribution in [2.45, 2.75) is 20.0 Å². The van der Waals surface area contributed by atoms with E-state index in [1.54, 1.807) is 18.2 Å². The fourth-order valence-corrected chi connectivity index (χ4v) is 1.16. The minimum absolute atomic E-state index is 0.118. The number of ether oxygens (including phenoxy) is 1. The van der Waals surface area contributed by atoms with Gasteiger partial charge in [0.1, 0.15) is 12.4 Å². The van der Waals surface area contributed by atoms with E-state index in [0.29, 0.717) is 11.3 Å². The lowest BCUT2D eigenvalue weighted by molar-refractivity contribution is 0.0818. The highest BCUT2D eigenvalue weighted by atomic mass is 19.3. The molecule has 0 radical (unpaired) electrons. The molecule has 0 spiro atoms. The maximum atomic E-state index is 11.8. The second kappa shape index (κ2) is 4.91. The van der Waals surface area contributed by atoms with Crippen molar-refractivity contribution in [2.75, 3.05) is 6.61 Å². The van der Waals surface area contributed by atoms with Crippen LogP contribution in [0.1, 0.15) is 11.1 Å². The van der Waals surface area contributed by atoms with Crippen LogP contribution in [0.5, 0.6) is 5.75 Å². The number of aliphatic hydroxyl groups excluding tert-OH is 1. The van der Waals surface area contributed by atoms with E-state index in [0.717, 1.165) is 5.56 Å². The van der Waals surface area contributed by atoms with E-state index in [-0.39, 0.29) is 6.61 Å².